The molecular formula is C32H27N5OS2. The number of nitrogens with one attached hydrogen (secondary N) is 1. The Kier molecular flexibility index (Phi) is 7.19. The van der Waals surface area contributed by atoms with E-state index < -0.39 is 0 Å². The monoisotopic (exact) mass is 561 g/mol. The first-order valence-electron chi connectivity index (χ1n) is 12.9. The van der Waals surface area contributed by atoms with Crippen molar-refractivity contribution in [1.29, 1.82) is 0 Å². The smallest absolute Gasteiger partial charge is 0.234 e. The van der Waals surface area contributed by atoms with Crippen LogP contribution in [0.3, 0.4) is 0 Å². The minimum absolute atomic E-state index is 0.108. The number of carbonyl (C=O) groups is 1. The second-order valence-corrected chi connectivity index (χ2v) is 11.7. The number of aromatic nitrogens is 4. The quantitative estimate of drug-likeness (QED) is 0.201. The third-order valence-corrected chi connectivity index (χ3v) is 8.52. The summed E-state index contributed by atoms with van der Waals surface area (Å²) in [6.07, 6.45) is 0. The van der Waals surface area contributed by atoms with Crippen molar-refractivity contribution in [3.8, 4) is 27.6 Å². The predicted octanol–water partition coefficient (Wildman–Crippen LogP) is 7.87. The second kappa shape index (κ2) is 11.1. The van der Waals surface area contributed by atoms with Gasteiger partial charge in [-0.25, -0.2) is 4.98 Å². The number of nitrogens with zero attached hydrogens (tertiary/aromatic N) is 4. The van der Waals surface area contributed by atoms with Crippen molar-refractivity contribution in [2.24, 2.45) is 0 Å². The van der Waals surface area contributed by atoms with Crippen molar-refractivity contribution in [1.82, 2.24) is 19.7 Å². The maximum Gasteiger partial charge on any atom is 0.234 e. The highest BCUT2D eigenvalue weighted by Crippen LogP contribution is 2.32. The molecule has 2 heterocycles. The van der Waals surface area contributed by atoms with E-state index in [0.29, 0.717) is 5.16 Å². The SMILES string of the molecule is Cc1ccc(-c2nnc(SCC(=O)Nc3ccc(-c4nc5ccc(C)cc5s4)cc3)n2-c2ccc(C)cc2)cc1. The molecule has 0 bridgehead atoms. The fourth-order valence-electron chi connectivity index (χ4n) is 4.36. The van der Waals surface area contributed by atoms with Gasteiger partial charge >= 0.3 is 0 Å². The molecule has 0 spiro atoms. The van der Waals surface area contributed by atoms with Crippen LogP contribution in [0.4, 0.5) is 5.69 Å². The van der Waals surface area contributed by atoms with Gasteiger partial charge in [-0.3, -0.25) is 9.36 Å². The van der Waals surface area contributed by atoms with Gasteiger partial charge in [0, 0.05) is 22.5 Å². The number of aryl methyl sites for hydroxylation is 3. The molecule has 0 fully saturated rings. The van der Waals surface area contributed by atoms with Gasteiger partial charge in [-0.1, -0.05) is 65.4 Å². The van der Waals surface area contributed by atoms with Crippen molar-refractivity contribution in [2.75, 3.05) is 11.1 Å². The maximum absolute atomic E-state index is 12.9. The highest BCUT2D eigenvalue weighted by Gasteiger charge is 2.17. The Morgan fingerprint density at radius 3 is 2.17 bits per heavy atom. The van der Waals surface area contributed by atoms with E-state index >= 15 is 0 Å². The van der Waals surface area contributed by atoms with Crippen LogP contribution in [0.25, 0.3) is 37.9 Å². The average Bonchev–Trinajstić information content (AvgIpc) is 3.57. The molecule has 0 saturated carbocycles. The zero-order chi connectivity index (χ0) is 27.6. The number of amides is 1. The molecule has 40 heavy (non-hydrogen) atoms. The molecular weight excluding hydrogens is 535 g/mol. The Balaban J connectivity index is 1.17. The van der Waals surface area contributed by atoms with Gasteiger partial charge in [-0.15, -0.1) is 21.5 Å². The molecule has 0 aliphatic carbocycles. The van der Waals surface area contributed by atoms with Crippen LogP contribution in [0.2, 0.25) is 0 Å². The molecule has 6 aromatic rings. The fraction of sp³-hybridized carbons (Fsp3) is 0.125. The topological polar surface area (TPSA) is 72.7 Å². The predicted molar refractivity (Wildman–Crippen MR) is 165 cm³/mol. The molecule has 1 N–H and O–H groups in total. The summed E-state index contributed by atoms with van der Waals surface area (Å²) in [5.74, 6) is 0.840. The van der Waals surface area contributed by atoms with Crippen molar-refractivity contribution in [3.63, 3.8) is 0 Å². The number of anilines is 1. The first kappa shape index (κ1) is 26.0. The van der Waals surface area contributed by atoms with Crippen LogP contribution in [-0.4, -0.2) is 31.4 Å². The van der Waals surface area contributed by atoms with Gasteiger partial charge in [0.1, 0.15) is 5.01 Å². The number of hydrogen-bond donors (Lipinski definition) is 1. The van der Waals surface area contributed by atoms with Crippen LogP contribution < -0.4 is 5.32 Å². The van der Waals surface area contributed by atoms with Crippen LogP contribution in [-0.2, 0) is 4.79 Å². The normalized spacial score (nSPS) is 11.2. The summed E-state index contributed by atoms with van der Waals surface area (Å²) in [4.78, 5) is 17.7. The highest BCUT2D eigenvalue weighted by molar-refractivity contribution is 7.99. The third-order valence-electron chi connectivity index (χ3n) is 6.53. The molecule has 1 amide bonds. The first-order valence-corrected chi connectivity index (χ1v) is 14.7. The fourth-order valence-corrected chi connectivity index (χ4v) is 6.18. The standard InChI is InChI=1S/C32H27N5OS2/c1-20-4-9-23(10-5-20)30-35-36-32(37(30)26-15-6-21(2)7-16-26)39-19-29(38)33-25-13-11-24(12-14-25)31-34-27-17-8-22(3)18-28(27)40-31/h4-18H,19H2,1-3H3,(H,33,38). The van der Waals surface area contributed by atoms with E-state index in [-0.39, 0.29) is 11.7 Å². The number of hydrogen-bond acceptors (Lipinski definition) is 6. The van der Waals surface area contributed by atoms with Crippen molar-refractivity contribution < 1.29 is 4.79 Å². The maximum atomic E-state index is 12.9. The van der Waals surface area contributed by atoms with Gasteiger partial charge in [0.25, 0.3) is 0 Å². The lowest BCUT2D eigenvalue weighted by molar-refractivity contribution is -0.113. The summed E-state index contributed by atoms with van der Waals surface area (Å²) in [5, 5.41) is 13.6. The van der Waals surface area contributed by atoms with Gasteiger partial charge < -0.3 is 5.32 Å². The molecule has 0 aliphatic heterocycles. The summed E-state index contributed by atoms with van der Waals surface area (Å²) in [7, 11) is 0. The zero-order valence-electron chi connectivity index (χ0n) is 22.4. The molecule has 4 aromatic carbocycles. The molecule has 6 nitrogen and oxygen atoms in total. The highest BCUT2D eigenvalue weighted by atomic mass is 32.2. The second-order valence-electron chi connectivity index (χ2n) is 9.75. The van der Waals surface area contributed by atoms with Crippen LogP contribution in [0.15, 0.2) is 96.2 Å². The summed E-state index contributed by atoms with van der Waals surface area (Å²) in [6, 6.07) is 30.6. The summed E-state index contributed by atoms with van der Waals surface area (Å²) in [6.45, 7) is 6.21. The van der Waals surface area contributed by atoms with Crippen LogP contribution in [0.1, 0.15) is 16.7 Å². The molecule has 6 rings (SSSR count). The van der Waals surface area contributed by atoms with Gasteiger partial charge in [-0.05, 0) is 74.9 Å². The van der Waals surface area contributed by atoms with Crippen LogP contribution >= 0.6 is 23.1 Å². The number of fused-ring (bicyclic) bond motifs is 1. The molecule has 0 aliphatic rings. The lowest BCUT2D eigenvalue weighted by Gasteiger charge is -2.11. The summed E-state index contributed by atoms with van der Waals surface area (Å²) < 4.78 is 3.18. The molecule has 0 atom stereocenters. The number of carbonyl (C=O) groups excluding carboxylic acids is 1. The van der Waals surface area contributed by atoms with Gasteiger partial charge in [0.05, 0.1) is 16.0 Å². The van der Waals surface area contributed by atoms with E-state index in [1.54, 1.807) is 11.3 Å². The molecule has 0 radical (unpaired) electrons. The van der Waals surface area contributed by atoms with Crippen molar-refractivity contribution >= 4 is 44.9 Å². The van der Waals surface area contributed by atoms with Gasteiger partial charge in [0.15, 0.2) is 11.0 Å². The van der Waals surface area contributed by atoms with Crippen LogP contribution in [0.5, 0.6) is 0 Å². The lowest BCUT2D eigenvalue weighted by Crippen LogP contribution is -2.14. The van der Waals surface area contributed by atoms with E-state index in [0.717, 1.165) is 38.9 Å². The van der Waals surface area contributed by atoms with Gasteiger partial charge in [0.2, 0.25) is 5.91 Å². The number of thioether (sulfide) groups is 1. The van der Waals surface area contributed by atoms with E-state index in [9.17, 15) is 4.79 Å². The molecule has 2 aromatic heterocycles. The van der Waals surface area contributed by atoms with Crippen molar-refractivity contribution in [3.05, 3.63) is 108 Å². The van der Waals surface area contributed by atoms with E-state index in [2.05, 4.69) is 90.9 Å². The Morgan fingerprint density at radius 1 is 0.800 bits per heavy atom. The Morgan fingerprint density at radius 2 is 1.45 bits per heavy atom. The number of benzene rings is 4. The largest absolute Gasteiger partial charge is 0.325 e. The molecule has 0 saturated heterocycles. The Bertz CT molecular complexity index is 1800. The number of thiazole rings is 1. The molecule has 0 unspecified atom stereocenters. The minimum atomic E-state index is -0.108. The third kappa shape index (κ3) is 5.54. The molecule has 198 valence electrons. The summed E-state index contributed by atoms with van der Waals surface area (Å²) in [5.41, 5.74) is 8.28. The van der Waals surface area contributed by atoms with E-state index in [1.807, 2.05) is 41.0 Å². The Hall–Kier alpha value is -4.27. The minimum Gasteiger partial charge on any atom is -0.325 e. The lowest BCUT2D eigenvalue weighted by atomic mass is 10.1. The Labute approximate surface area is 241 Å². The zero-order valence-corrected chi connectivity index (χ0v) is 24.0. The molecule has 8 heteroatoms. The number of rotatable bonds is 7. The first-order chi connectivity index (χ1) is 19.4. The van der Waals surface area contributed by atoms with E-state index in [4.69, 9.17) is 4.98 Å². The van der Waals surface area contributed by atoms with Crippen molar-refractivity contribution in [2.45, 2.75) is 25.9 Å². The van der Waals surface area contributed by atoms with E-state index in [1.165, 1.54) is 33.2 Å². The summed E-state index contributed by atoms with van der Waals surface area (Å²) >= 11 is 3.04. The van der Waals surface area contributed by atoms with Crippen LogP contribution in [0, 0.1) is 20.8 Å². The van der Waals surface area contributed by atoms with Gasteiger partial charge in [-0.2, -0.15) is 0 Å². The average molecular weight is 562 g/mol.